The van der Waals surface area contributed by atoms with Crippen molar-refractivity contribution in [1.82, 2.24) is 4.98 Å². The highest BCUT2D eigenvalue weighted by atomic mass is 79.9. The summed E-state index contributed by atoms with van der Waals surface area (Å²) in [5.74, 6) is 1.59. The fourth-order valence-corrected chi connectivity index (χ4v) is 3.23. The molecule has 0 aliphatic carbocycles. The lowest BCUT2D eigenvalue weighted by Crippen LogP contribution is -1.99. The molecule has 2 aromatic carbocycles. The molecule has 3 rings (SSSR count). The molecule has 134 valence electrons. The first-order chi connectivity index (χ1) is 12.6. The van der Waals surface area contributed by atoms with Crippen molar-refractivity contribution in [3.63, 3.8) is 0 Å². The Morgan fingerprint density at radius 2 is 1.85 bits per heavy atom. The molecule has 0 spiro atoms. The first kappa shape index (κ1) is 18.3. The maximum atomic E-state index is 9.97. The van der Waals surface area contributed by atoms with E-state index in [9.17, 15) is 5.11 Å². The number of phenols is 1. The van der Waals surface area contributed by atoms with Crippen molar-refractivity contribution in [2.24, 2.45) is 0 Å². The van der Waals surface area contributed by atoms with Crippen LogP contribution in [-0.4, -0.2) is 23.3 Å². The summed E-state index contributed by atoms with van der Waals surface area (Å²) in [7, 11) is 0. The Balaban J connectivity index is 1.94. The van der Waals surface area contributed by atoms with E-state index >= 15 is 0 Å². The second kappa shape index (κ2) is 8.23. The fourth-order valence-electron chi connectivity index (χ4n) is 2.65. The standard InChI is InChI=1S/C21H20BrNO3/c1-3-25-19-13-14(12-17(22)21(19)26-4-2)8-10-16-11-9-15-6-5-7-18(24)20(15)23-16/h5-13,24H,3-4H2,1-2H3/b10-8+. The van der Waals surface area contributed by atoms with Gasteiger partial charge in [-0.25, -0.2) is 4.98 Å². The van der Waals surface area contributed by atoms with E-state index in [-0.39, 0.29) is 5.75 Å². The van der Waals surface area contributed by atoms with Gasteiger partial charge in [-0.2, -0.15) is 0 Å². The normalized spacial score (nSPS) is 11.2. The summed E-state index contributed by atoms with van der Waals surface area (Å²) in [6, 6.07) is 13.2. The van der Waals surface area contributed by atoms with Crippen LogP contribution in [0, 0.1) is 0 Å². The Kier molecular flexibility index (Phi) is 5.78. The smallest absolute Gasteiger partial charge is 0.175 e. The molecule has 0 aliphatic heterocycles. The van der Waals surface area contributed by atoms with E-state index in [4.69, 9.17) is 9.47 Å². The molecule has 1 aromatic heterocycles. The van der Waals surface area contributed by atoms with Gasteiger partial charge in [0.2, 0.25) is 0 Å². The van der Waals surface area contributed by atoms with Gasteiger partial charge in [-0.15, -0.1) is 0 Å². The summed E-state index contributed by atoms with van der Waals surface area (Å²) in [6.45, 7) is 5.01. The van der Waals surface area contributed by atoms with Crippen LogP contribution < -0.4 is 9.47 Å². The van der Waals surface area contributed by atoms with E-state index in [1.165, 1.54) is 0 Å². The van der Waals surface area contributed by atoms with E-state index < -0.39 is 0 Å². The zero-order chi connectivity index (χ0) is 18.5. The molecule has 1 N–H and O–H groups in total. The van der Waals surface area contributed by atoms with Gasteiger partial charge in [-0.05, 0) is 65.7 Å². The lowest BCUT2D eigenvalue weighted by molar-refractivity contribution is 0.286. The van der Waals surface area contributed by atoms with Crippen molar-refractivity contribution >= 4 is 39.0 Å². The maximum Gasteiger partial charge on any atom is 0.175 e. The predicted molar refractivity (Wildman–Crippen MR) is 109 cm³/mol. The van der Waals surface area contributed by atoms with E-state index in [2.05, 4.69) is 20.9 Å². The van der Waals surface area contributed by atoms with Gasteiger partial charge < -0.3 is 14.6 Å². The van der Waals surface area contributed by atoms with Crippen molar-refractivity contribution in [1.29, 1.82) is 0 Å². The van der Waals surface area contributed by atoms with E-state index in [1.807, 2.05) is 62.4 Å². The third-order valence-corrected chi connectivity index (χ3v) is 4.38. The molecule has 0 radical (unpaired) electrons. The van der Waals surface area contributed by atoms with Gasteiger partial charge in [0.05, 0.1) is 23.4 Å². The van der Waals surface area contributed by atoms with Crippen molar-refractivity contribution in [3.05, 3.63) is 58.2 Å². The van der Waals surface area contributed by atoms with Gasteiger partial charge in [0.15, 0.2) is 11.5 Å². The average molecular weight is 414 g/mol. The first-order valence-electron chi connectivity index (χ1n) is 8.48. The number of hydrogen-bond acceptors (Lipinski definition) is 4. The summed E-state index contributed by atoms with van der Waals surface area (Å²) >= 11 is 3.55. The summed E-state index contributed by atoms with van der Waals surface area (Å²) < 4.78 is 12.2. The number of hydrogen-bond donors (Lipinski definition) is 1. The van der Waals surface area contributed by atoms with Crippen LogP contribution >= 0.6 is 15.9 Å². The zero-order valence-corrected chi connectivity index (χ0v) is 16.3. The number of ether oxygens (including phenoxy) is 2. The molecule has 26 heavy (non-hydrogen) atoms. The Morgan fingerprint density at radius 3 is 2.62 bits per heavy atom. The minimum atomic E-state index is 0.181. The minimum Gasteiger partial charge on any atom is -0.506 e. The minimum absolute atomic E-state index is 0.181. The number of aromatic nitrogens is 1. The van der Waals surface area contributed by atoms with Gasteiger partial charge in [-0.1, -0.05) is 24.3 Å². The number of aromatic hydroxyl groups is 1. The highest BCUT2D eigenvalue weighted by Crippen LogP contribution is 2.37. The second-order valence-corrected chi connectivity index (χ2v) is 6.47. The third kappa shape index (κ3) is 3.99. The van der Waals surface area contributed by atoms with Crippen molar-refractivity contribution in [2.75, 3.05) is 13.2 Å². The number of para-hydroxylation sites is 1. The number of benzene rings is 2. The van der Waals surface area contributed by atoms with Crippen LogP contribution in [0.25, 0.3) is 23.1 Å². The lowest BCUT2D eigenvalue weighted by atomic mass is 10.1. The van der Waals surface area contributed by atoms with Gasteiger partial charge in [-0.3, -0.25) is 0 Å². The van der Waals surface area contributed by atoms with Gasteiger partial charge in [0, 0.05) is 5.39 Å². The van der Waals surface area contributed by atoms with Crippen molar-refractivity contribution in [2.45, 2.75) is 13.8 Å². The molecule has 0 atom stereocenters. The van der Waals surface area contributed by atoms with Crippen molar-refractivity contribution in [3.8, 4) is 17.2 Å². The quantitative estimate of drug-likeness (QED) is 0.565. The second-order valence-electron chi connectivity index (χ2n) is 5.61. The molecule has 1 heterocycles. The predicted octanol–water partition coefficient (Wildman–Crippen LogP) is 5.67. The highest BCUT2D eigenvalue weighted by molar-refractivity contribution is 9.10. The number of rotatable bonds is 6. The molecule has 0 aliphatic rings. The zero-order valence-electron chi connectivity index (χ0n) is 14.7. The summed E-state index contributed by atoms with van der Waals surface area (Å²) in [6.07, 6.45) is 3.86. The molecule has 0 amide bonds. The lowest BCUT2D eigenvalue weighted by Gasteiger charge is -2.13. The van der Waals surface area contributed by atoms with Crippen LogP contribution in [0.2, 0.25) is 0 Å². The number of pyridine rings is 1. The maximum absolute atomic E-state index is 9.97. The van der Waals surface area contributed by atoms with Gasteiger partial charge in [0.1, 0.15) is 11.3 Å². The fraction of sp³-hybridized carbons (Fsp3) is 0.190. The molecule has 0 bridgehead atoms. The summed E-state index contributed by atoms with van der Waals surface area (Å²) in [5, 5.41) is 10.9. The molecular formula is C21H20BrNO3. The number of halogens is 1. The van der Waals surface area contributed by atoms with E-state index in [0.29, 0.717) is 30.2 Å². The highest BCUT2D eigenvalue weighted by Gasteiger charge is 2.11. The topological polar surface area (TPSA) is 51.6 Å². The Labute approximate surface area is 161 Å². The van der Waals surface area contributed by atoms with Gasteiger partial charge >= 0.3 is 0 Å². The van der Waals surface area contributed by atoms with E-state index in [1.54, 1.807) is 6.07 Å². The van der Waals surface area contributed by atoms with Crippen LogP contribution in [0.3, 0.4) is 0 Å². The Morgan fingerprint density at radius 1 is 1.04 bits per heavy atom. The molecule has 0 fully saturated rings. The molecular weight excluding hydrogens is 394 g/mol. The largest absolute Gasteiger partial charge is 0.506 e. The SMILES string of the molecule is CCOc1cc(/C=C/c2ccc3cccc(O)c3n2)cc(Br)c1OCC. The summed E-state index contributed by atoms with van der Waals surface area (Å²) in [5.41, 5.74) is 2.32. The average Bonchev–Trinajstić information content (AvgIpc) is 2.63. The molecule has 0 saturated heterocycles. The first-order valence-corrected chi connectivity index (χ1v) is 9.27. The summed E-state index contributed by atoms with van der Waals surface area (Å²) in [4.78, 5) is 4.51. The number of fused-ring (bicyclic) bond motifs is 1. The molecule has 4 nitrogen and oxygen atoms in total. The molecule has 0 unspecified atom stereocenters. The van der Waals surface area contributed by atoms with E-state index in [0.717, 1.165) is 21.1 Å². The van der Waals surface area contributed by atoms with Crippen LogP contribution in [0.4, 0.5) is 0 Å². The molecule has 5 heteroatoms. The Hall–Kier alpha value is -2.53. The van der Waals surface area contributed by atoms with Crippen LogP contribution in [0.5, 0.6) is 17.2 Å². The molecule has 0 saturated carbocycles. The van der Waals surface area contributed by atoms with Crippen LogP contribution in [0.1, 0.15) is 25.1 Å². The number of nitrogens with zero attached hydrogens (tertiary/aromatic N) is 1. The third-order valence-electron chi connectivity index (χ3n) is 3.79. The number of phenolic OH excluding ortho intramolecular Hbond substituents is 1. The van der Waals surface area contributed by atoms with Gasteiger partial charge in [0.25, 0.3) is 0 Å². The van der Waals surface area contributed by atoms with Crippen LogP contribution in [-0.2, 0) is 0 Å². The monoisotopic (exact) mass is 413 g/mol. The van der Waals surface area contributed by atoms with Crippen LogP contribution in [0.15, 0.2) is 46.9 Å². The Bertz CT molecular complexity index is 953. The molecule has 3 aromatic rings. The van der Waals surface area contributed by atoms with Crippen molar-refractivity contribution < 1.29 is 14.6 Å².